The average Bonchev–Trinajstić information content (AvgIpc) is 2.30. The molecule has 0 N–H and O–H groups in total. The maximum atomic E-state index is 12.6. The Bertz CT molecular complexity index is 420. The predicted molar refractivity (Wildman–Crippen MR) is 79.2 cm³/mol. The summed E-state index contributed by atoms with van der Waals surface area (Å²) in [6, 6.07) is 0.281. The summed E-state index contributed by atoms with van der Waals surface area (Å²) in [5.74, 6) is 0.0470. The molecule has 0 radical (unpaired) electrons. The molecule has 2 fully saturated rings. The third kappa shape index (κ3) is 3.51. The minimum Gasteiger partial charge on any atom is -0.339 e. The van der Waals surface area contributed by atoms with Gasteiger partial charge in [-0.05, 0) is 38.5 Å². The van der Waals surface area contributed by atoms with Crippen molar-refractivity contribution in [2.45, 2.75) is 56.2 Å². The van der Waals surface area contributed by atoms with Gasteiger partial charge in [-0.3, -0.25) is 4.79 Å². The molecule has 1 atom stereocenters. The molecule has 110 valence electrons. The van der Waals surface area contributed by atoms with Gasteiger partial charge in [-0.25, -0.2) is 8.42 Å². The Morgan fingerprint density at radius 1 is 1.16 bits per heavy atom. The van der Waals surface area contributed by atoms with Gasteiger partial charge >= 0.3 is 0 Å². The maximum absolute atomic E-state index is 12.6. The number of sulfone groups is 1. The van der Waals surface area contributed by atoms with Crippen molar-refractivity contribution in [3.63, 3.8) is 0 Å². The second kappa shape index (κ2) is 6.57. The zero-order valence-corrected chi connectivity index (χ0v) is 13.6. The molecule has 4 nitrogen and oxygen atoms in total. The number of carbonyl (C=O) groups is 1. The van der Waals surface area contributed by atoms with E-state index in [1.807, 2.05) is 4.90 Å². The number of hydrogen-bond donors (Lipinski definition) is 0. The van der Waals surface area contributed by atoms with Gasteiger partial charge in [0.2, 0.25) is 5.91 Å². The smallest absolute Gasteiger partial charge is 0.241 e. The lowest BCUT2D eigenvalue weighted by Gasteiger charge is -2.39. The van der Waals surface area contributed by atoms with E-state index < -0.39 is 15.1 Å². The van der Waals surface area contributed by atoms with Crippen LogP contribution in [0.3, 0.4) is 0 Å². The number of halogens is 1. The number of amides is 1. The quantitative estimate of drug-likeness (QED) is 0.713. The van der Waals surface area contributed by atoms with Gasteiger partial charge in [-0.15, -0.1) is 0 Å². The second-order valence-corrected chi connectivity index (χ2v) is 8.61. The van der Waals surface area contributed by atoms with Gasteiger partial charge in [0.1, 0.15) is 5.25 Å². The number of rotatable bonds is 5. The topological polar surface area (TPSA) is 54.5 Å². The minimum absolute atomic E-state index is 0.134. The lowest BCUT2D eigenvalue weighted by atomic mass is 9.91. The molecule has 2 rings (SSSR count). The van der Waals surface area contributed by atoms with Crippen LogP contribution in [0.5, 0.6) is 0 Å². The summed E-state index contributed by atoms with van der Waals surface area (Å²) in [6.07, 6.45) is 6.17. The van der Waals surface area contributed by atoms with Crippen LogP contribution in [0.15, 0.2) is 0 Å². The van der Waals surface area contributed by atoms with Crippen LogP contribution in [0.2, 0.25) is 0 Å². The molecule has 2 aliphatic rings. The molecule has 0 spiro atoms. The molecule has 1 unspecified atom stereocenters. The van der Waals surface area contributed by atoms with Crippen molar-refractivity contribution in [1.82, 2.24) is 4.90 Å². The van der Waals surface area contributed by atoms with Crippen molar-refractivity contribution in [3.8, 4) is 0 Å². The normalized spacial score (nSPS) is 26.7. The Labute approximate surface area is 124 Å². The van der Waals surface area contributed by atoms with E-state index in [9.17, 15) is 13.2 Å². The first-order valence-electron chi connectivity index (χ1n) is 7.14. The first-order valence-corrected chi connectivity index (χ1v) is 9.98. The molecule has 0 aromatic carbocycles. The monoisotopic (exact) mass is 351 g/mol. The molecule has 0 aromatic heterocycles. The van der Waals surface area contributed by atoms with Gasteiger partial charge in [-0.1, -0.05) is 22.4 Å². The van der Waals surface area contributed by atoms with Crippen LogP contribution >= 0.6 is 15.9 Å². The van der Waals surface area contributed by atoms with Crippen molar-refractivity contribution in [1.29, 1.82) is 0 Å². The summed E-state index contributed by atoms with van der Waals surface area (Å²) in [4.78, 5) is 14.4. The fourth-order valence-electron chi connectivity index (χ4n) is 2.82. The number of carbonyl (C=O) groups excluding carboxylic acids is 1. The highest BCUT2D eigenvalue weighted by atomic mass is 79.9. The minimum atomic E-state index is -3.21. The molecule has 1 saturated carbocycles. The van der Waals surface area contributed by atoms with E-state index in [4.69, 9.17) is 0 Å². The molecular weight excluding hydrogens is 330 g/mol. The Morgan fingerprint density at radius 3 is 2.42 bits per heavy atom. The van der Waals surface area contributed by atoms with E-state index in [0.29, 0.717) is 19.4 Å². The van der Waals surface area contributed by atoms with Crippen LogP contribution in [0.4, 0.5) is 0 Å². The number of hydrogen-bond acceptors (Lipinski definition) is 3. The summed E-state index contributed by atoms with van der Waals surface area (Å²) >= 11 is 3.38. The van der Waals surface area contributed by atoms with Gasteiger partial charge in [0, 0.05) is 17.9 Å². The van der Waals surface area contributed by atoms with E-state index in [2.05, 4.69) is 15.9 Å². The maximum Gasteiger partial charge on any atom is 0.241 e. The Hall–Kier alpha value is -0.100. The molecule has 1 aliphatic carbocycles. The van der Waals surface area contributed by atoms with Crippen molar-refractivity contribution < 1.29 is 13.2 Å². The summed E-state index contributed by atoms with van der Waals surface area (Å²) in [5.41, 5.74) is 0. The van der Waals surface area contributed by atoms with Crippen LogP contribution in [-0.2, 0) is 14.6 Å². The summed E-state index contributed by atoms with van der Waals surface area (Å²) < 4.78 is 24.1. The standard InChI is InChI=1S/C13H22BrNO3S/c14-8-4-9-15(11-5-3-6-11)13(16)12-7-1-2-10-19(12,17)18/h11-12H,1-10H2. The molecule has 6 heteroatoms. The van der Waals surface area contributed by atoms with Gasteiger partial charge in [0.05, 0.1) is 5.75 Å². The third-order valence-electron chi connectivity index (χ3n) is 4.19. The van der Waals surface area contributed by atoms with Crippen LogP contribution in [0.1, 0.15) is 44.9 Å². The summed E-state index contributed by atoms with van der Waals surface area (Å²) in [7, 11) is -3.21. The average molecular weight is 352 g/mol. The first kappa shape index (κ1) is 15.3. The van der Waals surface area contributed by atoms with Crippen LogP contribution in [0.25, 0.3) is 0 Å². The fraction of sp³-hybridized carbons (Fsp3) is 0.923. The van der Waals surface area contributed by atoms with Crippen LogP contribution in [-0.4, -0.2) is 48.1 Å². The van der Waals surface area contributed by atoms with Crippen molar-refractivity contribution in [2.24, 2.45) is 0 Å². The third-order valence-corrected chi connectivity index (χ3v) is 6.91. The van der Waals surface area contributed by atoms with Gasteiger partial charge in [-0.2, -0.15) is 0 Å². The Morgan fingerprint density at radius 2 is 1.89 bits per heavy atom. The zero-order chi connectivity index (χ0) is 13.9. The highest BCUT2D eigenvalue weighted by Crippen LogP contribution is 2.29. The van der Waals surface area contributed by atoms with E-state index in [-0.39, 0.29) is 17.7 Å². The molecule has 1 heterocycles. The molecule has 19 heavy (non-hydrogen) atoms. The molecule has 1 aliphatic heterocycles. The van der Waals surface area contributed by atoms with Crippen molar-refractivity contribution >= 4 is 31.7 Å². The second-order valence-electron chi connectivity index (χ2n) is 5.51. The van der Waals surface area contributed by atoms with Gasteiger partial charge in [0.15, 0.2) is 9.84 Å². The number of alkyl halides is 1. The van der Waals surface area contributed by atoms with Gasteiger partial charge in [0.25, 0.3) is 0 Å². The highest BCUT2D eigenvalue weighted by Gasteiger charge is 2.40. The lowest BCUT2D eigenvalue weighted by Crippen LogP contribution is -2.52. The van der Waals surface area contributed by atoms with E-state index in [1.54, 1.807) is 0 Å². The predicted octanol–water partition coefficient (Wildman–Crippen LogP) is 2.12. The Balaban J connectivity index is 2.08. The molecule has 0 aromatic rings. The van der Waals surface area contributed by atoms with Crippen molar-refractivity contribution in [2.75, 3.05) is 17.6 Å². The fourth-order valence-corrected chi connectivity index (χ4v) is 4.93. The van der Waals surface area contributed by atoms with E-state index in [0.717, 1.165) is 37.4 Å². The highest BCUT2D eigenvalue weighted by molar-refractivity contribution is 9.09. The van der Waals surface area contributed by atoms with Crippen LogP contribution < -0.4 is 0 Å². The zero-order valence-electron chi connectivity index (χ0n) is 11.2. The molecule has 1 amide bonds. The summed E-state index contributed by atoms with van der Waals surface area (Å²) in [5, 5.41) is 0.0816. The number of nitrogens with zero attached hydrogens (tertiary/aromatic N) is 1. The first-order chi connectivity index (χ1) is 9.06. The van der Waals surface area contributed by atoms with E-state index in [1.165, 1.54) is 0 Å². The Kier molecular flexibility index (Phi) is 5.29. The SMILES string of the molecule is O=C(C1CCCCS1(=O)=O)N(CCCBr)C1CCC1. The molecule has 1 saturated heterocycles. The summed E-state index contributed by atoms with van der Waals surface area (Å²) in [6.45, 7) is 0.681. The van der Waals surface area contributed by atoms with Crippen molar-refractivity contribution in [3.05, 3.63) is 0 Å². The van der Waals surface area contributed by atoms with Gasteiger partial charge < -0.3 is 4.90 Å². The lowest BCUT2D eigenvalue weighted by molar-refractivity contribution is -0.135. The van der Waals surface area contributed by atoms with E-state index >= 15 is 0 Å². The van der Waals surface area contributed by atoms with Crippen LogP contribution in [0, 0.1) is 0 Å². The largest absolute Gasteiger partial charge is 0.339 e. The molecule has 0 bridgehead atoms. The molecular formula is C13H22BrNO3S.